The van der Waals surface area contributed by atoms with E-state index in [1.807, 2.05) is 33.8 Å². The summed E-state index contributed by atoms with van der Waals surface area (Å²) in [6.45, 7) is 7.69. The molecule has 0 fully saturated rings. The Labute approximate surface area is 314 Å². The average molecular weight is 895 g/mol. The van der Waals surface area contributed by atoms with E-state index < -0.39 is 0 Å². The van der Waals surface area contributed by atoms with Gasteiger partial charge in [0.1, 0.15) is 0 Å². The first-order valence-corrected chi connectivity index (χ1v) is 21.7. The van der Waals surface area contributed by atoms with Crippen LogP contribution in [0.3, 0.4) is 0 Å². The second-order valence-corrected chi connectivity index (χ2v) is 11.2. The summed E-state index contributed by atoms with van der Waals surface area (Å²) in [5.41, 5.74) is 4.83. The lowest BCUT2D eigenvalue weighted by Gasteiger charge is -2.23. The molecule has 0 aliphatic heterocycles. The molecule has 50 heavy (non-hydrogen) atoms. The van der Waals surface area contributed by atoms with Gasteiger partial charge in [0.25, 0.3) is 0 Å². The van der Waals surface area contributed by atoms with Gasteiger partial charge in [-0.25, -0.2) is 0 Å². The van der Waals surface area contributed by atoms with E-state index in [1.165, 1.54) is 0 Å². The summed E-state index contributed by atoms with van der Waals surface area (Å²) in [7, 11) is 3.53. The van der Waals surface area contributed by atoms with Crippen molar-refractivity contribution in [3.8, 4) is 0 Å². The number of rotatable bonds is 5. The smallest absolute Gasteiger partial charge is 0.233 e. The van der Waals surface area contributed by atoms with Gasteiger partial charge in [-0.2, -0.15) is 15.0 Å². The van der Waals surface area contributed by atoms with Gasteiger partial charge in [-0.1, -0.05) is 81.4 Å². The van der Waals surface area contributed by atoms with Gasteiger partial charge < -0.3 is 15.5 Å². The first-order chi connectivity index (χ1) is 23.6. The third kappa shape index (κ3) is 6.90. The van der Waals surface area contributed by atoms with Crippen molar-refractivity contribution < 1.29 is 19.2 Å². The lowest BCUT2D eigenvalue weighted by atomic mass is 9.82. The van der Waals surface area contributed by atoms with Crippen molar-refractivity contribution in [2.24, 2.45) is 0 Å². The number of ketones is 4. The lowest BCUT2D eigenvalue weighted by molar-refractivity contribution is 0.0979. The molecular formula is C38H36I2N6O4. The van der Waals surface area contributed by atoms with Crippen molar-refractivity contribution in [1.29, 1.82) is 0 Å². The van der Waals surface area contributed by atoms with Crippen LogP contribution in [0.5, 0.6) is 0 Å². The lowest BCUT2D eigenvalue weighted by Crippen LogP contribution is -2.23. The number of aryl methyl sites for hydroxylation is 2. The van der Waals surface area contributed by atoms with Gasteiger partial charge in [0.2, 0.25) is 17.8 Å². The van der Waals surface area contributed by atoms with E-state index in [9.17, 15) is 19.2 Å². The molecule has 0 atom stereocenters. The minimum Gasteiger partial charge on any atom is -0.347 e. The van der Waals surface area contributed by atoms with E-state index in [0.717, 1.165) is 5.56 Å². The SMILES string of the molecule is C.CC.Cc1ccc2c(c1)C(=O)c1c(Nc3nc(Nc4c(C)ccc5c4C(=O)c4ccccc4C5=O)nc(N(C)C)n3)cccc1C2=O.II. The number of halogens is 2. The minimum absolute atomic E-state index is 0. The van der Waals surface area contributed by atoms with Gasteiger partial charge in [0.05, 0.1) is 22.5 Å². The average Bonchev–Trinajstić information content (AvgIpc) is 3.12. The molecule has 0 radical (unpaired) electrons. The number of aromatic nitrogens is 3. The highest BCUT2D eigenvalue weighted by Crippen LogP contribution is 2.36. The van der Waals surface area contributed by atoms with Crippen LogP contribution in [-0.4, -0.2) is 52.2 Å². The van der Waals surface area contributed by atoms with Crippen molar-refractivity contribution in [1.82, 2.24) is 15.0 Å². The normalized spacial score (nSPS) is 12.0. The second kappa shape index (κ2) is 16.0. The van der Waals surface area contributed by atoms with Crippen molar-refractivity contribution in [3.05, 3.63) is 128 Å². The van der Waals surface area contributed by atoms with Gasteiger partial charge in [0.15, 0.2) is 23.1 Å². The molecule has 10 nitrogen and oxygen atoms in total. The van der Waals surface area contributed by atoms with Crippen molar-refractivity contribution >= 4 is 89.6 Å². The van der Waals surface area contributed by atoms with Crippen molar-refractivity contribution in [3.63, 3.8) is 0 Å². The van der Waals surface area contributed by atoms with E-state index >= 15 is 0 Å². The monoisotopic (exact) mass is 894 g/mol. The largest absolute Gasteiger partial charge is 0.347 e. The Morgan fingerprint density at radius 1 is 0.580 bits per heavy atom. The van der Waals surface area contributed by atoms with Gasteiger partial charge in [-0.05, 0) is 37.6 Å². The highest BCUT2D eigenvalue weighted by atomic mass is 128. The first kappa shape index (κ1) is 38.2. The van der Waals surface area contributed by atoms with E-state index in [2.05, 4.69) is 62.8 Å². The van der Waals surface area contributed by atoms with Crippen LogP contribution in [0.15, 0.2) is 72.8 Å². The summed E-state index contributed by atoms with van der Waals surface area (Å²) >= 11 is 4.24. The molecule has 1 aromatic heterocycles. The molecule has 2 aliphatic carbocycles. The molecule has 0 spiro atoms. The highest BCUT2D eigenvalue weighted by Gasteiger charge is 2.34. The molecule has 7 rings (SSSR count). The number of hydrogen-bond acceptors (Lipinski definition) is 10. The Hall–Kier alpha value is -4.57. The molecule has 12 heteroatoms. The zero-order valence-corrected chi connectivity index (χ0v) is 31.9. The third-order valence-electron chi connectivity index (χ3n) is 8.01. The maximum atomic E-state index is 13.7. The molecule has 2 aliphatic rings. The molecular weight excluding hydrogens is 858 g/mol. The summed E-state index contributed by atoms with van der Waals surface area (Å²) < 4.78 is 0. The number of carbonyl (C=O) groups excluding carboxylic acids is 4. The standard InChI is InChI=1S/C35H26N6O4.C2H6.CH4.I2/c1-17-12-14-21-24(16-17)32(45)26-22(30(21)43)10-7-11-25(26)36-33-38-34(40-35(39-33)41(3)4)37-28-18(2)13-15-23-27(28)31(44)20-9-6-5-8-19(20)29(23)42;1-2;;1-2/h5-16H,1-4H3,(H2,36,37,38,39,40);1-2H3;1H4;. The van der Waals surface area contributed by atoms with Crippen LogP contribution in [0.25, 0.3) is 0 Å². The molecule has 256 valence electrons. The Morgan fingerprint density at radius 3 is 1.74 bits per heavy atom. The molecule has 0 saturated heterocycles. The molecule has 0 unspecified atom stereocenters. The summed E-state index contributed by atoms with van der Waals surface area (Å²) in [5, 5.41) is 6.31. The molecule has 0 bridgehead atoms. The number of hydrogen-bond donors (Lipinski definition) is 2. The highest BCUT2D eigenvalue weighted by molar-refractivity contribution is 15.0. The van der Waals surface area contributed by atoms with E-state index in [-0.39, 0.29) is 59.1 Å². The molecule has 2 N–H and O–H groups in total. The number of fused-ring (bicyclic) bond motifs is 4. The fourth-order valence-corrected chi connectivity index (χ4v) is 5.77. The zero-order chi connectivity index (χ0) is 35.6. The summed E-state index contributed by atoms with van der Waals surface area (Å²) in [5.74, 6) is -0.517. The molecule has 0 amide bonds. The van der Waals surface area contributed by atoms with Crippen LogP contribution < -0.4 is 15.5 Å². The molecule has 4 aromatic carbocycles. The third-order valence-corrected chi connectivity index (χ3v) is 8.01. The number of anilines is 5. The van der Waals surface area contributed by atoms with Crippen LogP contribution in [-0.2, 0) is 0 Å². The van der Waals surface area contributed by atoms with Crippen molar-refractivity contribution in [2.45, 2.75) is 35.1 Å². The van der Waals surface area contributed by atoms with Crippen LogP contribution in [0.4, 0.5) is 29.2 Å². The minimum atomic E-state index is -0.277. The van der Waals surface area contributed by atoms with Gasteiger partial charge >= 0.3 is 0 Å². The summed E-state index contributed by atoms with van der Waals surface area (Å²) in [6, 6.07) is 20.4. The number of nitrogens with zero attached hydrogens (tertiary/aromatic N) is 4. The Kier molecular flexibility index (Phi) is 12.2. The van der Waals surface area contributed by atoms with Crippen LogP contribution in [0, 0.1) is 13.8 Å². The van der Waals surface area contributed by atoms with E-state index in [4.69, 9.17) is 0 Å². The first-order valence-electron chi connectivity index (χ1n) is 15.4. The summed E-state index contributed by atoms with van der Waals surface area (Å²) in [4.78, 5) is 69.4. The Bertz CT molecular complexity index is 2170. The van der Waals surface area contributed by atoms with Gasteiger partial charge in [-0.15, -0.1) is 0 Å². The van der Waals surface area contributed by atoms with Crippen molar-refractivity contribution in [2.75, 3.05) is 29.6 Å². The number of benzene rings is 4. The van der Waals surface area contributed by atoms with Crippen LogP contribution >= 0.6 is 37.2 Å². The number of nitrogens with one attached hydrogen (secondary N) is 2. The fourth-order valence-electron chi connectivity index (χ4n) is 5.77. The van der Waals surface area contributed by atoms with E-state index in [1.54, 1.807) is 85.7 Å². The quantitative estimate of drug-likeness (QED) is 0.161. The fraction of sp³-hybridized carbons (Fsp3) is 0.184. The summed E-state index contributed by atoms with van der Waals surface area (Å²) in [6.07, 6.45) is 0. The zero-order valence-electron chi connectivity index (χ0n) is 27.6. The maximum Gasteiger partial charge on any atom is 0.233 e. The van der Waals surface area contributed by atoms with Crippen LogP contribution in [0.2, 0.25) is 0 Å². The molecule has 1 heterocycles. The Morgan fingerprint density at radius 2 is 1.10 bits per heavy atom. The number of carbonyl (C=O) groups is 4. The van der Waals surface area contributed by atoms with Gasteiger partial charge in [0, 0.05) is 84.7 Å². The predicted octanol–water partition coefficient (Wildman–Crippen LogP) is 9.03. The Balaban J connectivity index is 0.00000109. The van der Waals surface area contributed by atoms with Gasteiger partial charge in [-0.3, -0.25) is 19.2 Å². The van der Waals surface area contributed by atoms with Crippen LogP contribution in [0.1, 0.15) is 96.1 Å². The predicted molar refractivity (Wildman–Crippen MR) is 216 cm³/mol. The topological polar surface area (TPSA) is 134 Å². The molecule has 0 saturated carbocycles. The maximum absolute atomic E-state index is 13.7. The second-order valence-electron chi connectivity index (χ2n) is 11.2. The molecule has 5 aromatic rings. The van der Waals surface area contributed by atoms with E-state index in [0.29, 0.717) is 50.7 Å².